The van der Waals surface area contributed by atoms with Gasteiger partial charge in [0, 0.05) is 7.05 Å². The van der Waals surface area contributed by atoms with Crippen molar-refractivity contribution in [1.82, 2.24) is 15.0 Å². The molecule has 2 aromatic rings. The van der Waals surface area contributed by atoms with Crippen LogP contribution in [0.3, 0.4) is 0 Å². The molecule has 2 aromatic heterocycles. The quantitative estimate of drug-likeness (QED) is 0.634. The average molecular weight is 148 g/mol. The fraction of sp³-hybridized carbons (Fsp3) is 0.143. The zero-order valence-electron chi connectivity index (χ0n) is 6.13. The summed E-state index contributed by atoms with van der Waals surface area (Å²) in [5, 5.41) is 2.95. The molecule has 2 heterocycles. The van der Waals surface area contributed by atoms with Crippen molar-refractivity contribution in [2.45, 2.75) is 0 Å². The molecule has 2 N–H and O–H groups in total. The van der Waals surface area contributed by atoms with Gasteiger partial charge in [-0.1, -0.05) is 0 Å². The number of H-pyrrole nitrogens is 1. The molecule has 0 aromatic carbocycles. The van der Waals surface area contributed by atoms with Crippen LogP contribution in [0.2, 0.25) is 0 Å². The second-order valence-corrected chi connectivity index (χ2v) is 2.22. The first-order valence-corrected chi connectivity index (χ1v) is 3.38. The molecular weight excluding hydrogens is 140 g/mol. The summed E-state index contributed by atoms with van der Waals surface area (Å²) in [6.07, 6.45) is 1.64. The van der Waals surface area contributed by atoms with Gasteiger partial charge in [0.05, 0.1) is 6.33 Å². The largest absolute Gasteiger partial charge is 0.373 e. The van der Waals surface area contributed by atoms with Crippen LogP contribution < -0.4 is 5.32 Å². The predicted octanol–water partition coefficient (Wildman–Crippen LogP) is 1.000. The fourth-order valence-electron chi connectivity index (χ4n) is 0.964. The molecule has 2 rings (SSSR count). The minimum atomic E-state index is 0.817. The molecule has 0 aliphatic rings. The Hall–Kier alpha value is -1.58. The SMILES string of the molecule is CNc1ccc2nc[nH]c2n1. The third-order valence-corrected chi connectivity index (χ3v) is 1.53. The second kappa shape index (κ2) is 2.23. The highest BCUT2D eigenvalue weighted by Gasteiger charge is 1.96. The second-order valence-electron chi connectivity index (χ2n) is 2.22. The summed E-state index contributed by atoms with van der Waals surface area (Å²) in [5.41, 5.74) is 1.71. The van der Waals surface area contributed by atoms with Gasteiger partial charge in [-0.05, 0) is 12.1 Å². The van der Waals surface area contributed by atoms with Crippen LogP contribution in [0, 0.1) is 0 Å². The van der Waals surface area contributed by atoms with Crippen LogP contribution in [0.25, 0.3) is 11.2 Å². The zero-order chi connectivity index (χ0) is 7.68. The Morgan fingerprint density at radius 2 is 2.36 bits per heavy atom. The molecule has 11 heavy (non-hydrogen) atoms. The van der Waals surface area contributed by atoms with E-state index in [-0.39, 0.29) is 0 Å². The van der Waals surface area contributed by atoms with Gasteiger partial charge in [0.1, 0.15) is 11.3 Å². The number of fused-ring (bicyclic) bond motifs is 1. The molecule has 0 spiro atoms. The van der Waals surface area contributed by atoms with Crippen LogP contribution in [0.15, 0.2) is 18.5 Å². The summed E-state index contributed by atoms with van der Waals surface area (Å²) in [6, 6.07) is 3.81. The molecule has 0 aliphatic carbocycles. The number of nitrogens with zero attached hydrogens (tertiary/aromatic N) is 2. The normalized spacial score (nSPS) is 10.3. The molecule has 0 saturated heterocycles. The van der Waals surface area contributed by atoms with Crippen LogP contribution in [-0.2, 0) is 0 Å². The number of nitrogens with one attached hydrogen (secondary N) is 2. The summed E-state index contributed by atoms with van der Waals surface area (Å²) in [4.78, 5) is 11.2. The van der Waals surface area contributed by atoms with Crippen molar-refractivity contribution in [1.29, 1.82) is 0 Å². The maximum absolute atomic E-state index is 4.22. The van der Waals surface area contributed by atoms with E-state index in [1.165, 1.54) is 0 Å². The lowest BCUT2D eigenvalue weighted by molar-refractivity contribution is 1.28. The van der Waals surface area contributed by atoms with Crippen LogP contribution in [0.5, 0.6) is 0 Å². The van der Waals surface area contributed by atoms with E-state index in [2.05, 4.69) is 20.3 Å². The van der Waals surface area contributed by atoms with Gasteiger partial charge in [0.2, 0.25) is 0 Å². The van der Waals surface area contributed by atoms with E-state index in [9.17, 15) is 0 Å². The molecule has 4 nitrogen and oxygen atoms in total. The maximum Gasteiger partial charge on any atom is 0.159 e. The van der Waals surface area contributed by atoms with Gasteiger partial charge in [-0.25, -0.2) is 9.97 Å². The summed E-state index contributed by atoms with van der Waals surface area (Å²) < 4.78 is 0. The number of pyridine rings is 1. The molecule has 0 unspecified atom stereocenters. The van der Waals surface area contributed by atoms with Gasteiger partial charge in [-0.3, -0.25) is 0 Å². The van der Waals surface area contributed by atoms with E-state index in [0.717, 1.165) is 17.0 Å². The summed E-state index contributed by atoms with van der Waals surface area (Å²) in [5.74, 6) is 0.849. The average Bonchev–Trinajstić information content (AvgIpc) is 2.50. The highest BCUT2D eigenvalue weighted by Crippen LogP contribution is 2.09. The van der Waals surface area contributed by atoms with Crippen LogP contribution in [-0.4, -0.2) is 22.0 Å². The summed E-state index contributed by atoms with van der Waals surface area (Å²) >= 11 is 0. The number of aromatic amines is 1. The molecule has 0 aliphatic heterocycles. The Balaban J connectivity index is 2.67. The molecule has 56 valence electrons. The summed E-state index contributed by atoms with van der Waals surface area (Å²) in [7, 11) is 1.84. The molecule has 4 heteroatoms. The van der Waals surface area contributed by atoms with E-state index in [1.807, 2.05) is 19.2 Å². The lowest BCUT2D eigenvalue weighted by atomic mass is 10.4. The first-order valence-electron chi connectivity index (χ1n) is 3.38. The van der Waals surface area contributed by atoms with E-state index in [0.29, 0.717) is 0 Å². The van der Waals surface area contributed by atoms with Crippen LogP contribution in [0.1, 0.15) is 0 Å². The van der Waals surface area contributed by atoms with Gasteiger partial charge in [0.25, 0.3) is 0 Å². The monoisotopic (exact) mass is 148 g/mol. The van der Waals surface area contributed by atoms with E-state index in [4.69, 9.17) is 0 Å². The highest BCUT2D eigenvalue weighted by molar-refractivity contribution is 5.71. The van der Waals surface area contributed by atoms with Gasteiger partial charge in [-0.15, -0.1) is 0 Å². The van der Waals surface area contributed by atoms with Gasteiger partial charge < -0.3 is 10.3 Å². The van der Waals surface area contributed by atoms with Crippen molar-refractivity contribution in [3.8, 4) is 0 Å². The molecule has 0 saturated carbocycles. The van der Waals surface area contributed by atoms with Crippen LogP contribution >= 0.6 is 0 Å². The number of rotatable bonds is 1. The Morgan fingerprint density at radius 1 is 1.45 bits per heavy atom. The Bertz CT molecular complexity index is 365. The number of hydrogen-bond acceptors (Lipinski definition) is 3. The number of hydrogen-bond donors (Lipinski definition) is 2. The van der Waals surface area contributed by atoms with Crippen molar-refractivity contribution < 1.29 is 0 Å². The minimum absolute atomic E-state index is 0.817. The van der Waals surface area contributed by atoms with Crippen molar-refractivity contribution >= 4 is 17.0 Å². The Labute approximate surface area is 63.7 Å². The van der Waals surface area contributed by atoms with E-state index >= 15 is 0 Å². The topological polar surface area (TPSA) is 53.6 Å². The Kier molecular flexibility index (Phi) is 1.25. The lowest BCUT2D eigenvalue weighted by Gasteiger charge is -1.95. The zero-order valence-corrected chi connectivity index (χ0v) is 6.13. The fourth-order valence-corrected chi connectivity index (χ4v) is 0.964. The molecular formula is C7H8N4. The smallest absolute Gasteiger partial charge is 0.159 e. The molecule has 0 bridgehead atoms. The molecule has 0 fully saturated rings. The van der Waals surface area contributed by atoms with E-state index < -0.39 is 0 Å². The highest BCUT2D eigenvalue weighted by atomic mass is 15.0. The van der Waals surface area contributed by atoms with Crippen molar-refractivity contribution in [2.24, 2.45) is 0 Å². The Morgan fingerprint density at radius 3 is 3.18 bits per heavy atom. The van der Waals surface area contributed by atoms with Gasteiger partial charge in [-0.2, -0.15) is 0 Å². The molecule has 0 atom stereocenters. The van der Waals surface area contributed by atoms with Crippen molar-refractivity contribution in [3.05, 3.63) is 18.5 Å². The van der Waals surface area contributed by atoms with Crippen LogP contribution in [0.4, 0.5) is 5.82 Å². The first kappa shape index (κ1) is 6.15. The minimum Gasteiger partial charge on any atom is -0.373 e. The van der Waals surface area contributed by atoms with Crippen molar-refractivity contribution in [3.63, 3.8) is 0 Å². The molecule has 0 amide bonds. The number of anilines is 1. The third-order valence-electron chi connectivity index (χ3n) is 1.53. The standard InChI is InChI=1S/C7H8N4/c1-8-6-3-2-5-7(11-6)10-4-9-5/h2-4H,1H3,(H2,8,9,10,11). The molecule has 0 radical (unpaired) electrons. The maximum atomic E-state index is 4.22. The number of imidazole rings is 1. The number of aromatic nitrogens is 3. The van der Waals surface area contributed by atoms with Gasteiger partial charge in [0.15, 0.2) is 5.65 Å². The predicted molar refractivity (Wildman–Crippen MR) is 43.4 cm³/mol. The van der Waals surface area contributed by atoms with Crippen molar-refractivity contribution in [2.75, 3.05) is 12.4 Å². The summed E-state index contributed by atoms with van der Waals surface area (Å²) in [6.45, 7) is 0. The van der Waals surface area contributed by atoms with E-state index in [1.54, 1.807) is 6.33 Å². The van der Waals surface area contributed by atoms with Gasteiger partial charge >= 0.3 is 0 Å². The first-order chi connectivity index (χ1) is 5.40. The third kappa shape index (κ3) is 0.920. The lowest BCUT2D eigenvalue weighted by Crippen LogP contribution is -1.91.